The van der Waals surface area contributed by atoms with E-state index in [2.05, 4.69) is 10.1 Å². The third-order valence-electron chi connectivity index (χ3n) is 4.31. The molecule has 0 fully saturated rings. The number of carbonyl (C=O) groups is 1. The van der Waals surface area contributed by atoms with Gasteiger partial charge in [-0.25, -0.2) is 4.79 Å². The summed E-state index contributed by atoms with van der Waals surface area (Å²) in [5.74, 6) is -0.589. The fourth-order valence-electron chi connectivity index (χ4n) is 2.88. The van der Waals surface area contributed by atoms with Gasteiger partial charge in [-0.2, -0.15) is 5.10 Å². The van der Waals surface area contributed by atoms with Crippen LogP contribution in [-0.2, 0) is 23.1 Å². The second-order valence-electron chi connectivity index (χ2n) is 6.37. The van der Waals surface area contributed by atoms with Gasteiger partial charge in [-0.15, -0.1) is 0 Å². The van der Waals surface area contributed by atoms with Crippen molar-refractivity contribution in [3.05, 3.63) is 43.3 Å². The molecule has 0 aliphatic carbocycles. The molecule has 0 unspecified atom stereocenters. The lowest BCUT2D eigenvalue weighted by atomic mass is 10.2. The van der Waals surface area contributed by atoms with E-state index in [9.17, 15) is 14.4 Å². The molecule has 158 valence electrons. The van der Waals surface area contributed by atoms with Gasteiger partial charge in [0.1, 0.15) is 11.0 Å². The minimum Gasteiger partial charge on any atom is -0.383 e. The third-order valence-corrected chi connectivity index (χ3v) is 4.75. The Morgan fingerprint density at radius 1 is 1.41 bits per heavy atom. The van der Waals surface area contributed by atoms with Gasteiger partial charge in [-0.1, -0.05) is 18.5 Å². The predicted octanol–water partition coefficient (Wildman–Crippen LogP) is 0.917. The van der Waals surface area contributed by atoms with Gasteiger partial charge < -0.3 is 10.5 Å². The maximum Gasteiger partial charge on any atom is 0.330 e. The minimum absolute atomic E-state index is 0.0665. The molecule has 0 saturated heterocycles. The van der Waals surface area contributed by atoms with Crippen LogP contribution < -0.4 is 21.9 Å². The summed E-state index contributed by atoms with van der Waals surface area (Å²) in [6, 6.07) is 0. The number of aromatic nitrogens is 4. The lowest BCUT2D eigenvalue weighted by Gasteiger charge is -2.23. The smallest absolute Gasteiger partial charge is 0.330 e. The standard InChI is InChI=1S/C18H25ClN6O4/c1-5-8-25-16(20)14(17(27)21-18(25)28)24(9-10-29-4)13(26)7-6-12-11(2)22-23(3)15(12)19/h6-7H,5,8-10,20H2,1-4H3,(H,21,27,28)/b7-6+. The van der Waals surface area contributed by atoms with E-state index in [0.29, 0.717) is 29.4 Å². The van der Waals surface area contributed by atoms with Crippen molar-refractivity contribution in [2.75, 3.05) is 30.9 Å². The number of aromatic amines is 1. The topological polar surface area (TPSA) is 128 Å². The van der Waals surface area contributed by atoms with Crippen LogP contribution in [0.2, 0.25) is 5.15 Å². The van der Waals surface area contributed by atoms with Crippen LogP contribution in [0.15, 0.2) is 15.7 Å². The average molecular weight is 425 g/mol. The number of methoxy groups -OCH3 is 1. The number of rotatable bonds is 8. The van der Waals surface area contributed by atoms with Gasteiger partial charge in [-0.3, -0.25) is 28.7 Å². The molecule has 0 aliphatic heterocycles. The van der Waals surface area contributed by atoms with E-state index in [0.717, 1.165) is 0 Å². The molecule has 11 heteroatoms. The number of halogens is 1. The van der Waals surface area contributed by atoms with Gasteiger partial charge in [0.25, 0.3) is 11.5 Å². The number of nitrogens with two attached hydrogens (primary N) is 1. The summed E-state index contributed by atoms with van der Waals surface area (Å²) in [6.45, 7) is 4.17. The number of H-pyrrole nitrogens is 1. The van der Waals surface area contributed by atoms with Crippen molar-refractivity contribution in [3.63, 3.8) is 0 Å². The predicted molar refractivity (Wildman–Crippen MR) is 112 cm³/mol. The van der Waals surface area contributed by atoms with E-state index in [1.165, 1.54) is 33.4 Å². The van der Waals surface area contributed by atoms with Gasteiger partial charge in [0.15, 0.2) is 5.69 Å². The van der Waals surface area contributed by atoms with Crippen LogP contribution in [0.1, 0.15) is 24.6 Å². The van der Waals surface area contributed by atoms with E-state index >= 15 is 0 Å². The number of ether oxygens (including phenoxy) is 1. The number of hydrogen-bond acceptors (Lipinski definition) is 6. The molecule has 2 aromatic heterocycles. The van der Waals surface area contributed by atoms with Crippen molar-refractivity contribution in [3.8, 4) is 0 Å². The van der Waals surface area contributed by atoms with Gasteiger partial charge in [0, 0.05) is 38.9 Å². The van der Waals surface area contributed by atoms with Crippen molar-refractivity contribution in [1.82, 2.24) is 19.3 Å². The zero-order valence-corrected chi connectivity index (χ0v) is 17.6. The van der Waals surface area contributed by atoms with Gasteiger partial charge in [0.2, 0.25) is 0 Å². The zero-order valence-electron chi connectivity index (χ0n) is 16.9. The Balaban J connectivity index is 2.50. The molecule has 0 bridgehead atoms. The summed E-state index contributed by atoms with van der Waals surface area (Å²) < 4.78 is 7.78. The number of nitrogen functional groups attached to an aromatic ring is 1. The molecule has 2 rings (SSSR count). The van der Waals surface area contributed by atoms with Gasteiger partial charge in [0.05, 0.1) is 12.3 Å². The highest BCUT2D eigenvalue weighted by Gasteiger charge is 2.23. The van der Waals surface area contributed by atoms with E-state index < -0.39 is 17.2 Å². The summed E-state index contributed by atoms with van der Waals surface area (Å²) in [5, 5.41) is 4.57. The van der Waals surface area contributed by atoms with Crippen LogP contribution in [0.3, 0.4) is 0 Å². The Bertz CT molecular complexity index is 1040. The fourth-order valence-corrected chi connectivity index (χ4v) is 3.12. The van der Waals surface area contributed by atoms with E-state index in [-0.39, 0.29) is 24.7 Å². The first-order valence-electron chi connectivity index (χ1n) is 9.03. The molecule has 0 atom stereocenters. The molecule has 3 N–H and O–H groups in total. The highest BCUT2D eigenvalue weighted by molar-refractivity contribution is 6.31. The lowest BCUT2D eigenvalue weighted by molar-refractivity contribution is -0.114. The highest BCUT2D eigenvalue weighted by atomic mass is 35.5. The highest BCUT2D eigenvalue weighted by Crippen LogP contribution is 2.21. The number of nitrogens with one attached hydrogen (secondary N) is 1. The van der Waals surface area contributed by atoms with Crippen LogP contribution in [0.4, 0.5) is 11.5 Å². The molecular weight excluding hydrogens is 400 g/mol. The molecule has 0 saturated carbocycles. The number of aryl methyl sites for hydroxylation is 2. The molecule has 0 radical (unpaired) electrons. The normalized spacial score (nSPS) is 11.3. The number of amides is 1. The largest absolute Gasteiger partial charge is 0.383 e. The molecule has 10 nitrogen and oxygen atoms in total. The van der Waals surface area contributed by atoms with Crippen molar-refractivity contribution in [2.24, 2.45) is 7.05 Å². The number of hydrogen-bond donors (Lipinski definition) is 2. The first-order valence-corrected chi connectivity index (χ1v) is 9.40. The molecular formula is C18H25ClN6O4. The summed E-state index contributed by atoms with van der Waals surface area (Å²) in [7, 11) is 3.17. The maximum absolute atomic E-state index is 12.9. The number of carbonyl (C=O) groups excluding carboxylic acids is 1. The summed E-state index contributed by atoms with van der Waals surface area (Å²) >= 11 is 6.19. The van der Waals surface area contributed by atoms with Crippen LogP contribution in [0.25, 0.3) is 6.08 Å². The second-order valence-corrected chi connectivity index (χ2v) is 6.73. The molecule has 1 amide bonds. The van der Waals surface area contributed by atoms with E-state index in [1.54, 1.807) is 14.0 Å². The Morgan fingerprint density at radius 3 is 2.66 bits per heavy atom. The molecule has 0 spiro atoms. The Hall–Kier alpha value is -2.85. The zero-order chi connectivity index (χ0) is 21.7. The van der Waals surface area contributed by atoms with Gasteiger partial charge >= 0.3 is 5.69 Å². The third kappa shape index (κ3) is 4.77. The molecule has 2 aromatic rings. The number of nitrogens with zero attached hydrogens (tertiary/aromatic N) is 4. The van der Waals surface area contributed by atoms with Crippen molar-refractivity contribution in [2.45, 2.75) is 26.8 Å². The van der Waals surface area contributed by atoms with E-state index in [4.69, 9.17) is 22.1 Å². The maximum atomic E-state index is 12.9. The van der Waals surface area contributed by atoms with Crippen LogP contribution in [0, 0.1) is 6.92 Å². The van der Waals surface area contributed by atoms with Crippen molar-refractivity contribution >= 4 is 35.1 Å². The minimum atomic E-state index is -0.742. The van der Waals surface area contributed by atoms with Crippen LogP contribution >= 0.6 is 11.6 Å². The Kier molecular flexibility index (Phi) is 7.40. The SMILES string of the molecule is CCCn1c(N)c(N(CCOC)C(=O)/C=C/c2c(C)nn(C)c2Cl)c(=O)[nH]c1=O. The van der Waals surface area contributed by atoms with Crippen LogP contribution in [-0.4, -0.2) is 45.5 Å². The first-order chi connectivity index (χ1) is 13.7. The quantitative estimate of drug-likeness (QED) is 0.606. The fraction of sp³-hybridized carbons (Fsp3) is 0.444. The Labute approximate surface area is 172 Å². The molecule has 0 aromatic carbocycles. The van der Waals surface area contributed by atoms with Gasteiger partial charge in [-0.05, 0) is 19.4 Å². The summed E-state index contributed by atoms with van der Waals surface area (Å²) in [6.07, 6.45) is 3.43. The first kappa shape index (κ1) is 22.4. The summed E-state index contributed by atoms with van der Waals surface area (Å²) in [4.78, 5) is 40.9. The summed E-state index contributed by atoms with van der Waals surface area (Å²) in [5.41, 5.74) is 5.87. The molecule has 2 heterocycles. The van der Waals surface area contributed by atoms with Crippen molar-refractivity contribution < 1.29 is 9.53 Å². The Morgan fingerprint density at radius 2 is 2.10 bits per heavy atom. The molecule has 0 aliphatic rings. The molecule has 29 heavy (non-hydrogen) atoms. The lowest BCUT2D eigenvalue weighted by Crippen LogP contribution is -2.42. The second kappa shape index (κ2) is 9.57. The van der Waals surface area contributed by atoms with E-state index in [1.807, 2.05) is 6.92 Å². The monoisotopic (exact) mass is 424 g/mol. The average Bonchev–Trinajstić information content (AvgIpc) is 2.90. The van der Waals surface area contributed by atoms with Crippen molar-refractivity contribution in [1.29, 1.82) is 0 Å². The number of anilines is 2. The van der Waals surface area contributed by atoms with Crippen LogP contribution in [0.5, 0.6) is 0 Å².